The van der Waals surface area contributed by atoms with Crippen molar-refractivity contribution in [2.75, 3.05) is 0 Å². The van der Waals surface area contributed by atoms with E-state index in [1.807, 2.05) is 30.3 Å². The maximum Gasteiger partial charge on any atom is 0.336 e. The molecule has 0 aliphatic heterocycles. The summed E-state index contributed by atoms with van der Waals surface area (Å²) in [6.07, 6.45) is 2.21. The number of nitrogens with two attached hydrogens (primary N) is 1. The highest BCUT2D eigenvalue weighted by molar-refractivity contribution is 7.89. The second-order valence-corrected chi connectivity index (χ2v) is 7.41. The molecule has 3 aromatic rings. The van der Waals surface area contributed by atoms with Crippen LogP contribution in [0.5, 0.6) is 6.01 Å². The van der Waals surface area contributed by atoms with Gasteiger partial charge in [0.1, 0.15) is 6.10 Å². The molecule has 0 atom stereocenters. The van der Waals surface area contributed by atoms with Crippen LogP contribution in [0.4, 0.5) is 0 Å². The molecule has 0 spiro atoms. The zero-order chi connectivity index (χ0) is 17.4. The van der Waals surface area contributed by atoms with Gasteiger partial charge in [-0.1, -0.05) is 30.3 Å². The van der Waals surface area contributed by atoms with Crippen molar-refractivity contribution >= 4 is 10.0 Å². The fraction of sp³-hybridized carbons (Fsp3) is 0.176. The second kappa shape index (κ2) is 5.98. The monoisotopic (exact) mass is 356 g/mol. The molecule has 0 radical (unpaired) electrons. The van der Waals surface area contributed by atoms with Crippen LogP contribution < -0.4 is 9.88 Å². The Morgan fingerprint density at radius 3 is 2.32 bits per heavy atom. The van der Waals surface area contributed by atoms with E-state index in [1.54, 1.807) is 16.8 Å². The number of benzene rings is 2. The highest BCUT2D eigenvalue weighted by Crippen LogP contribution is 2.28. The number of aromatic nitrogens is 3. The summed E-state index contributed by atoms with van der Waals surface area (Å²) in [4.78, 5) is 4.54. The molecule has 128 valence electrons. The van der Waals surface area contributed by atoms with E-state index < -0.39 is 10.0 Å². The van der Waals surface area contributed by atoms with Crippen molar-refractivity contribution in [3.8, 4) is 23.1 Å². The van der Waals surface area contributed by atoms with Crippen LogP contribution in [0.15, 0.2) is 59.5 Å². The Morgan fingerprint density at radius 1 is 1.04 bits per heavy atom. The van der Waals surface area contributed by atoms with E-state index in [1.165, 1.54) is 12.1 Å². The van der Waals surface area contributed by atoms with Gasteiger partial charge in [0.25, 0.3) is 0 Å². The number of sulfonamides is 1. The van der Waals surface area contributed by atoms with E-state index in [4.69, 9.17) is 9.88 Å². The third-order valence-corrected chi connectivity index (χ3v) is 4.76. The van der Waals surface area contributed by atoms with Crippen LogP contribution in [0.25, 0.3) is 17.1 Å². The van der Waals surface area contributed by atoms with E-state index >= 15 is 0 Å². The summed E-state index contributed by atoms with van der Waals surface area (Å²) < 4.78 is 30.2. The smallest absolute Gasteiger partial charge is 0.336 e. The predicted octanol–water partition coefficient (Wildman–Crippen LogP) is 2.12. The molecule has 1 saturated carbocycles. The van der Waals surface area contributed by atoms with Gasteiger partial charge in [0, 0.05) is 5.56 Å². The lowest BCUT2D eigenvalue weighted by Gasteiger charge is -2.06. The average molecular weight is 356 g/mol. The van der Waals surface area contributed by atoms with Crippen molar-refractivity contribution in [1.29, 1.82) is 0 Å². The predicted molar refractivity (Wildman–Crippen MR) is 91.8 cm³/mol. The molecule has 1 aliphatic rings. The molecule has 1 aliphatic carbocycles. The van der Waals surface area contributed by atoms with Gasteiger partial charge in [-0.05, 0) is 37.1 Å². The average Bonchev–Trinajstić information content (AvgIpc) is 3.31. The Morgan fingerprint density at radius 2 is 1.72 bits per heavy atom. The number of rotatable bonds is 5. The molecule has 0 bridgehead atoms. The minimum Gasteiger partial charge on any atom is -0.459 e. The van der Waals surface area contributed by atoms with Gasteiger partial charge < -0.3 is 4.74 Å². The highest BCUT2D eigenvalue weighted by atomic mass is 32.2. The largest absolute Gasteiger partial charge is 0.459 e. The zero-order valence-corrected chi connectivity index (χ0v) is 14.1. The van der Waals surface area contributed by atoms with Crippen molar-refractivity contribution in [2.45, 2.75) is 23.8 Å². The Labute approximate surface area is 145 Å². The number of nitrogens with zero attached hydrogens (tertiary/aromatic N) is 3. The Kier molecular flexibility index (Phi) is 3.78. The summed E-state index contributed by atoms with van der Waals surface area (Å²) in [5, 5.41) is 9.58. The molecule has 1 fully saturated rings. The van der Waals surface area contributed by atoms with E-state index in [0.717, 1.165) is 18.4 Å². The molecule has 0 amide bonds. The van der Waals surface area contributed by atoms with Gasteiger partial charge in [-0.25, -0.2) is 18.2 Å². The molecule has 8 heteroatoms. The standard InChI is InChI=1S/C17H16N4O3S/c18-25(22,23)15-10-6-13(7-11-15)21-16(12-4-2-1-3-5-12)19-17(20-21)24-14-8-9-14/h1-7,10-11,14H,8-9H2,(H2,18,22,23). The SMILES string of the molecule is NS(=O)(=O)c1ccc(-n2nc(OC3CC3)nc2-c2ccccc2)cc1. The van der Waals surface area contributed by atoms with Gasteiger partial charge in [-0.3, -0.25) is 0 Å². The van der Waals surface area contributed by atoms with Crippen LogP contribution >= 0.6 is 0 Å². The lowest BCUT2D eigenvalue weighted by atomic mass is 10.2. The fourth-order valence-corrected chi connectivity index (χ4v) is 2.92. The van der Waals surface area contributed by atoms with Gasteiger partial charge in [-0.2, -0.15) is 4.98 Å². The van der Waals surface area contributed by atoms with Gasteiger partial charge in [0.15, 0.2) is 5.82 Å². The first-order valence-corrected chi connectivity index (χ1v) is 9.38. The molecular formula is C17H16N4O3S. The fourth-order valence-electron chi connectivity index (χ4n) is 2.41. The Bertz CT molecular complexity index is 994. The number of primary sulfonamides is 1. The minimum atomic E-state index is -3.74. The number of hydrogen-bond donors (Lipinski definition) is 1. The van der Waals surface area contributed by atoms with Crippen LogP contribution in [0.2, 0.25) is 0 Å². The van der Waals surface area contributed by atoms with E-state index in [0.29, 0.717) is 17.5 Å². The van der Waals surface area contributed by atoms with E-state index in [2.05, 4.69) is 10.1 Å². The Balaban J connectivity index is 1.78. The topological polar surface area (TPSA) is 100 Å². The molecular weight excluding hydrogens is 340 g/mol. The molecule has 2 N–H and O–H groups in total. The van der Waals surface area contributed by atoms with Crippen molar-refractivity contribution in [2.24, 2.45) is 5.14 Å². The maximum absolute atomic E-state index is 11.4. The van der Waals surface area contributed by atoms with Crippen LogP contribution in [0.3, 0.4) is 0 Å². The van der Waals surface area contributed by atoms with Crippen molar-refractivity contribution in [1.82, 2.24) is 14.8 Å². The summed E-state index contributed by atoms with van der Waals surface area (Å²) in [5.41, 5.74) is 1.56. The molecule has 1 heterocycles. The summed E-state index contributed by atoms with van der Waals surface area (Å²) in [6, 6.07) is 16.1. The molecule has 0 saturated heterocycles. The van der Waals surface area contributed by atoms with Crippen LogP contribution in [0.1, 0.15) is 12.8 Å². The minimum absolute atomic E-state index is 0.0482. The van der Waals surface area contributed by atoms with Crippen LogP contribution in [0, 0.1) is 0 Å². The van der Waals surface area contributed by atoms with Crippen LogP contribution in [-0.4, -0.2) is 29.3 Å². The third-order valence-electron chi connectivity index (χ3n) is 3.83. The highest BCUT2D eigenvalue weighted by Gasteiger charge is 2.26. The van der Waals surface area contributed by atoms with Gasteiger partial charge >= 0.3 is 6.01 Å². The maximum atomic E-state index is 11.4. The summed E-state index contributed by atoms with van der Waals surface area (Å²) in [6.45, 7) is 0. The lowest BCUT2D eigenvalue weighted by Crippen LogP contribution is -2.12. The first-order valence-electron chi connectivity index (χ1n) is 7.83. The molecule has 25 heavy (non-hydrogen) atoms. The molecule has 7 nitrogen and oxygen atoms in total. The van der Waals surface area contributed by atoms with Gasteiger partial charge in [0.2, 0.25) is 10.0 Å². The first-order chi connectivity index (χ1) is 12.0. The van der Waals surface area contributed by atoms with Crippen LogP contribution in [-0.2, 0) is 10.0 Å². The lowest BCUT2D eigenvalue weighted by molar-refractivity contribution is 0.278. The molecule has 1 aromatic heterocycles. The molecule has 4 rings (SSSR count). The zero-order valence-electron chi connectivity index (χ0n) is 13.2. The second-order valence-electron chi connectivity index (χ2n) is 5.85. The Hall–Kier alpha value is -2.71. The third kappa shape index (κ3) is 3.40. The van der Waals surface area contributed by atoms with Crippen molar-refractivity contribution < 1.29 is 13.2 Å². The quantitative estimate of drug-likeness (QED) is 0.755. The van der Waals surface area contributed by atoms with E-state index in [9.17, 15) is 8.42 Å². The van der Waals surface area contributed by atoms with Gasteiger partial charge in [0.05, 0.1) is 10.6 Å². The van der Waals surface area contributed by atoms with E-state index in [-0.39, 0.29) is 11.0 Å². The normalized spacial score (nSPS) is 14.4. The number of ether oxygens (including phenoxy) is 1. The molecule has 0 unspecified atom stereocenters. The summed E-state index contributed by atoms with van der Waals surface area (Å²) in [5.74, 6) is 0.625. The number of hydrogen-bond acceptors (Lipinski definition) is 5. The summed E-state index contributed by atoms with van der Waals surface area (Å²) in [7, 11) is -3.74. The van der Waals surface area contributed by atoms with Crippen molar-refractivity contribution in [3.05, 3.63) is 54.6 Å². The first kappa shape index (κ1) is 15.8. The van der Waals surface area contributed by atoms with Gasteiger partial charge in [-0.15, -0.1) is 5.10 Å². The molecule has 2 aromatic carbocycles. The van der Waals surface area contributed by atoms with Crippen molar-refractivity contribution in [3.63, 3.8) is 0 Å². The summed E-state index contributed by atoms with van der Waals surface area (Å²) >= 11 is 0.